The number of nitrogens with zero attached hydrogens (tertiary/aromatic N) is 2. The molecule has 0 unspecified atom stereocenters. The minimum atomic E-state index is -0.0952. The molecule has 0 fully saturated rings. The average molecular weight is 229 g/mol. The number of rotatable bonds is 2. The van der Waals surface area contributed by atoms with E-state index in [1.54, 1.807) is 11.7 Å². The van der Waals surface area contributed by atoms with Gasteiger partial charge in [0.15, 0.2) is 0 Å². The van der Waals surface area contributed by atoms with Crippen LogP contribution in [-0.2, 0) is 0 Å². The van der Waals surface area contributed by atoms with Gasteiger partial charge in [-0.25, -0.2) is 4.68 Å². The molecular weight excluding hydrogens is 214 g/mol. The predicted octanol–water partition coefficient (Wildman–Crippen LogP) is 1.85. The molecule has 4 heteroatoms. The summed E-state index contributed by atoms with van der Waals surface area (Å²) in [5.74, 6) is -0.0952. The zero-order chi connectivity index (χ0) is 12.4. The van der Waals surface area contributed by atoms with Gasteiger partial charge in [-0.3, -0.25) is 4.79 Å². The molecule has 0 aliphatic heterocycles. The fourth-order valence-electron chi connectivity index (χ4n) is 1.92. The maximum Gasteiger partial charge on any atom is 0.254 e. The van der Waals surface area contributed by atoms with E-state index in [0.29, 0.717) is 5.56 Å². The summed E-state index contributed by atoms with van der Waals surface area (Å²) in [4.78, 5) is 11.7. The Morgan fingerprint density at radius 2 is 1.88 bits per heavy atom. The molecule has 1 N–H and O–H groups in total. The van der Waals surface area contributed by atoms with Crippen molar-refractivity contribution in [3.05, 3.63) is 47.3 Å². The lowest BCUT2D eigenvalue weighted by Crippen LogP contribution is -2.19. The highest BCUT2D eigenvalue weighted by Crippen LogP contribution is 2.17. The zero-order valence-electron chi connectivity index (χ0n) is 10.2. The van der Waals surface area contributed by atoms with Gasteiger partial charge >= 0.3 is 0 Å². The summed E-state index contributed by atoms with van der Waals surface area (Å²) in [5, 5.41) is 7.04. The van der Waals surface area contributed by atoms with Crippen LogP contribution in [0.25, 0.3) is 5.69 Å². The highest BCUT2D eigenvalue weighted by molar-refractivity contribution is 5.96. The standard InChI is InChI=1S/C13H15N3O/c1-9-12(13(17)14-3)10(2)16(15-9)11-7-5-4-6-8-11/h4-8H,1-3H3,(H,14,17). The van der Waals surface area contributed by atoms with Gasteiger partial charge in [0.05, 0.1) is 22.6 Å². The van der Waals surface area contributed by atoms with E-state index in [2.05, 4.69) is 10.4 Å². The van der Waals surface area contributed by atoms with Gasteiger partial charge in [-0.2, -0.15) is 5.10 Å². The monoisotopic (exact) mass is 229 g/mol. The van der Waals surface area contributed by atoms with Crippen LogP contribution in [0.2, 0.25) is 0 Å². The summed E-state index contributed by atoms with van der Waals surface area (Å²) in [6.45, 7) is 3.74. The first-order valence-electron chi connectivity index (χ1n) is 5.49. The molecule has 0 aliphatic rings. The largest absolute Gasteiger partial charge is 0.355 e. The van der Waals surface area contributed by atoms with Crippen LogP contribution in [0.3, 0.4) is 0 Å². The maximum atomic E-state index is 11.7. The topological polar surface area (TPSA) is 46.9 Å². The van der Waals surface area contributed by atoms with E-state index in [1.807, 2.05) is 44.2 Å². The fraction of sp³-hybridized carbons (Fsp3) is 0.231. The lowest BCUT2D eigenvalue weighted by Gasteiger charge is -2.04. The van der Waals surface area contributed by atoms with E-state index >= 15 is 0 Å². The zero-order valence-corrected chi connectivity index (χ0v) is 10.2. The third kappa shape index (κ3) is 1.93. The van der Waals surface area contributed by atoms with Gasteiger partial charge in [-0.15, -0.1) is 0 Å². The van der Waals surface area contributed by atoms with Crippen molar-refractivity contribution in [2.45, 2.75) is 13.8 Å². The predicted molar refractivity (Wildman–Crippen MR) is 66.4 cm³/mol. The summed E-state index contributed by atoms with van der Waals surface area (Å²) in [6.07, 6.45) is 0. The molecule has 0 saturated carbocycles. The number of carbonyl (C=O) groups excluding carboxylic acids is 1. The van der Waals surface area contributed by atoms with Crippen molar-refractivity contribution < 1.29 is 4.79 Å². The number of para-hydroxylation sites is 1. The highest BCUT2D eigenvalue weighted by atomic mass is 16.1. The first-order valence-corrected chi connectivity index (χ1v) is 5.49. The molecule has 4 nitrogen and oxygen atoms in total. The lowest BCUT2D eigenvalue weighted by molar-refractivity contribution is 0.0962. The smallest absolute Gasteiger partial charge is 0.254 e. The summed E-state index contributed by atoms with van der Waals surface area (Å²) in [7, 11) is 1.63. The Morgan fingerprint density at radius 3 is 2.47 bits per heavy atom. The third-order valence-electron chi connectivity index (χ3n) is 2.75. The van der Waals surface area contributed by atoms with Gasteiger partial charge in [0.1, 0.15) is 0 Å². The van der Waals surface area contributed by atoms with Crippen molar-refractivity contribution in [2.24, 2.45) is 0 Å². The number of hydrogen-bond acceptors (Lipinski definition) is 2. The fourth-order valence-corrected chi connectivity index (χ4v) is 1.92. The van der Waals surface area contributed by atoms with Crippen molar-refractivity contribution >= 4 is 5.91 Å². The van der Waals surface area contributed by atoms with Crippen LogP contribution >= 0.6 is 0 Å². The number of hydrogen-bond donors (Lipinski definition) is 1. The Kier molecular flexibility index (Phi) is 2.95. The van der Waals surface area contributed by atoms with Gasteiger partial charge in [0, 0.05) is 7.05 Å². The number of nitrogens with one attached hydrogen (secondary N) is 1. The summed E-state index contributed by atoms with van der Waals surface area (Å²) in [5.41, 5.74) is 3.21. The quantitative estimate of drug-likeness (QED) is 0.854. The van der Waals surface area contributed by atoms with Crippen LogP contribution in [0.1, 0.15) is 21.7 Å². The van der Waals surface area contributed by atoms with Crippen LogP contribution in [0.15, 0.2) is 30.3 Å². The molecule has 88 valence electrons. The van der Waals surface area contributed by atoms with Crippen LogP contribution in [0.5, 0.6) is 0 Å². The number of aryl methyl sites for hydroxylation is 1. The maximum absolute atomic E-state index is 11.7. The van der Waals surface area contributed by atoms with Crippen molar-refractivity contribution in [2.75, 3.05) is 7.05 Å². The van der Waals surface area contributed by atoms with Gasteiger partial charge < -0.3 is 5.32 Å². The Hall–Kier alpha value is -2.10. The van der Waals surface area contributed by atoms with Crippen LogP contribution in [0.4, 0.5) is 0 Å². The second kappa shape index (κ2) is 4.41. The molecule has 17 heavy (non-hydrogen) atoms. The van der Waals surface area contributed by atoms with Gasteiger partial charge in [0.2, 0.25) is 0 Å². The Morgan fingerprint density at radius 1 is 1.24 bits per heavy atom. The molecule has 1 amide bonds. The first kappa shape index (κ1) is 11.4. The Bertz CT molecular complexity index is 543. The van der Waals surface area contributed by atoms with Gasteiger partial charge in [-0.05, 0) is 26.0 Å². The summed E-state index contributed by atoms with van der Waals surface area (Å²) < 4.78 is 1.79. The normalized spacial score (nSPS) is 10.3. The number of carbonyl (C=O) groups is 1. The molecule has 1 aromatic heterocycles. The number of amides is 1. The van der Waals surface area contributed by atoms with Crippen LogP contribution in [0, 0.1) is 13.8 Å². The van der Waals surface area contributed by atoms with Gasteiger partial charge in [-0.1, -0.05) is 18.2 Å². The SMILES string of the molecule is CNC(=O)c1c(C)nn(-c2ccccc2)c1C. The molecule has 1 heterocycles. The van der Waals surface area contributed by atoms with E-state index in [-0.39, 0.29) is 5.91 Å². The summed E-state index contributed by atoms with van der Waals surface area (Å²) in [6, 6.07) is 9.78. The second-order valence-corrected chi connectivity index (χ2v) is 3.87. The molecule has 0 radical (unpaired) electrons. The molecule has 2 aromatic rings. The van der Waals surface area contributed by atoms with E-state index in [0.717, 1.165) is 17.1 Å². The van der Waals surface area contributed by atoms with Crippen LogP contribution in [-0.4, -0.2) is 22.7 Å². The molecule has 0 saturated heterocycles. The molecule has 0 bridgehead atoms. The molecule has 1 aromatic carbocycles. The first-order chi connectivity index (χ1) is 8.15. The van der Waals surface area contributed by atoms with E-state index < -0.39 is 0 Å². The average Bonchev–Trinajstić information content (AvgIpc) is 2.65. The van der Waals surface area contributed by atoms with Crippen molar-refractivity contribution in [1.82, 2.24) is 15.1 Å². The molecule has 0 aliphatic carbocycles. The molecule has 2 rings (SSSR count). The van der Waals surface area contributed by atoms with Crippen molar-refractivity contribution in [3.8, 4) is 5.69 Å². The van der Waals surface area contributed by atoms with Crippen LogP contribution < -0.4 is 5.32 Å². The number of aromatic nitrogens is 2. The summed E-state index contributed by atoms with van der Waals surface area (Å²) >= 11 is 0. The van der Waals surface area contributed by atoms with E-state index in [4.69, 9.17) is 0 Å². The third-order valence-corrected chi connectivity index (χ3v) is 2.75. The highest BCUT2D eigenvalue weighted by Gasteiger charge is 2.17. The number of benzene rings is 1. The molecular formula is C13H15N3O. The van der Waals surface area contributed by atoms with E-state index in [9.17, 15) is 4.79 Å². The molecule has 0 spiro atoms. The molecule has 0 atom stereocenters. The van der Waals surface area contributed by atoms with Gasteiger partial charge in [0.25, 0.3) is 5.91 Å². The minimum absolute atomic E-state index is 0.0952. The van der Waals surface area contributed by atoms with Crippen molar-refractivity contribution in [3.63, 3.8) is 0 Å². The Labute approximate surface area is 100 Å². The van der Waals surface area contributed by atoms with Crippen molar-refractivity contribution in [1.29, 1.82) is 0 Å². The second-order valence-electron chi connectivity index (χ2n) is 3.87. The minimum Gasteiger partial charge on any atom is -0.355 e. The Balaban J connectivity index is 2.56. The van der Waals surface area contributed by atoms with E-state index in [1.165, 1.54) is 0 Å². The lowest BCUT2D eigenvalue weighted by atomic mass is 10.2.